The van der Waals surface area contributed by atoms with Gasteiger partial charge < -0.3 is 19.5 Å². The van der Waals surface area contributed by atoms with Crippen molar-refractivity contribution in [1.29, 1.82) is 0 Å². The van der Waals surface area contributed by atoms with Gasteiger partial charge in [0.05, 0.1) is 0 Å². The van der Waals surface area contributed by atoms with Gasteiger partial charge in [-0.15, -0.1) is 0 Å². The molecule has 0 heterocycles. The van der Waals surface area contributed by atoms with E-state index in [1.807, 2.05) is 61.5 Å². The van der Waals surface area contributed by atoms with Crippen molar-refractivity contribution in [3.63, 3.8) is 0 Å². The molecule has 0 saturated heterocycles. The van der Waals surface area contributed by atoms with Gasteiger partial charge in [-0.25, -0.2) is 0 Å². The summed E-state index contributed by atoms with van der Waals surface area (Å²) in [5.41, 5.74) is 9.94. The molecule has 8 nitrogen and oxygen atoms in total. The van der Waals surface area contributed by atoms with Crippen LogP contribution in [-0.2, 0) is 44.7 Å². The summed E-state index contributed by atoms with van der Waals surface area (Å²) in [6.07, 6.45) is 0. The maximum Gasteiger partial charge on any atom is 0.504 e. The standard InChI is InChI=1S/C63H65BN4O4/c1-42-25-27-43(28-26-42)36-65(5)38-56-49-19-11-15-23-53(49)59(54-24-16-12-20-50(54)56)41-68(8)62(70)55-34-31-45(35-60(55)63(2,3)4)61(69)67(7)40-58-51-21-13-9-17-47(51)57(48-18-10-14-22-52(48)58)39-66(6)37-44-29-32-46(33-30-44)72-64-71/h9-35,64,71H,36-41H2,1-8H3. The molecule has 0 radical (unpaired) electrons. The Hall–Kier alpha value is -7.30. The number of benzene rings is 9. The van der Waals surface area contributed by atoms with Crippen molar-refractivity contribution in [3.05, 3.63) is 219 Å². The topological polar surface area (TPSA) is 76.6 Å². The maximum absolute atomic E-state index is 14.8. The molecule has 0 spiro atoms. The molecular formula is C63H65BN4O4. The molecule has 0 aliphatic heterocycles. The Morgan fingerprint density at radius 1 is 0.472 bits per heavy atom. The summed E-state index contributed by atoms with van der Waals surface area (Å²) in [6.45, 7) is 12.3. The number of hydrogen-bond donors (Lipinski definition) is 1. The Morgan fingerprint density at radius 3 is 1.21 bits per heavy atom. The van der Waals surface area contributed by atoms with Crippen LogP contribution in [0, 0.1) is 6.92 Å². The van der Waals surface area contributed by atoms with Crippen LogP contribution in [0.2, 0.25) is 0 Å². The van der Waals surface area contributed by atoms with Gasteiger partial charge in [-0.3, -0.25) is 19.4 Å². The van der Waals surface area contributed by atoms with Crippen LogP contribution in [0.15, 0.2) is 164 Å². The Kier molecular flexibility index (Phi) is 14.6. The van der Waals surface area contributed by atoms with Crippen molar-refractivity contribution in [2.75, 3.05) is 28.2 Å². The minimum Gasteiger partial charge on any atom is -0.539 e. The van der Waals surface area contributed by atoms with Gasteiger partial charge in [0.15, 0.2) is 0 Å². The summed E-state index contributed by atoms with van der Waals surface area (Å²) in [5, 5.41) is 18.4. The van der Waals surface area contributed by atoms with E-state index in [1.54, 1.807) is 4.90 Å². The lowest BCUT2D eigenvalue weighted by Crippen LogP contribution is -2.31. The van der Waals surface area contributed by atoms with Crippen molar-refractivity contribution < 1.29 is 19.3 Å². The highest BCUT2D eigenvalue weighted by molar-refractivity contribution is 6.17. The largest absolute Gasteiger partial charge is 0.539 e. The Balaban J connectivity index is 0.974. The number of rotatable bonds is 16. The lowest BCUT2D eigenvalue weighted by Gasteiger charge is -2.28. The van der Waals surface area contributed by atoms with Crippen LogP contribution in [-0.4, -0.2) is 72.3 Å². The van der Waals surface area contributed by atoms with Crippen molar-refractivity contribution in [2.45, 2.75) is 72.4 Å². The van der Waals surface area contributed by atoms with Crippen LogP contribution in [0.5, 0.6) is 5.75 Å². The normalized spacial score (nSPS) is 11.8. The molecule has 9 aromatic carbocycles. The van der Waals surface area contributed by atoms with Crippen molar-refractivity contribution in [3.8, 4) is 5.75 Å². The zero-order valence-corrected chi connectivity index (χ0v) is 43.0. The fourth-order valence-electron chi connectivity index (χ4n) is 10.6. The predicted octanol–water partition coefficient (Wildman–Crippen LogP) is 12.4. The highest BCUT2D eigenvalue weighted by atomic mass is 16.5. The van der Waals surface area contributed by atoms with Crippen LogP contribution >= 0.6 is 0 Å². The third-order valence-electron chi connectivity index (χ3n) is 14.1. The molecule has 0 aliphatic carbocycles. The molecule has 0 aliphatic rings. The van der Waals surface area contributed by atoms with Gasteiger partial charge in [-0.1, -0.05) is 160 Å². The van der Waals surface area contributed by atoms with Crippen molar-refractivity contribution in [1.82, 2.24) is 19.6 Å². The average Bonchev–Trinajstić information content (AvgIpc) is 3.38. The summed E-state index contributed by atoms with van der Waals surface area (Å²) < 4.78 is 5.24. The van der Waals surface area contributed by atoms with Crippen LogP contribution in [0.4, 0.5) is 0 Å². The molecule has 2 amide bonds. The van der Waals surface area contributed by atoms with Crippen molar-refractivity contribution >= 4 is 62.6 Å². The molecule has 9 aromatic rings. The Labute approximate surface area is 425 Å². The lowest BCUT2D eigenvalue weighted by atomic mass is 9.82. The van der Waals surface area contributed by atoms with Gasteiger partial charge >= 0.3 is 7.69 Å². The summed E-state index contributed by atoms with van der Waals surface area (Å²) in [4.78, 5) is 37.8. The fraction of sp³-hybridized carbons (Fsp3) is 0.238. The van der Waals surface area contributed by atoms with Crippen LogP contribution in [0.25, 0.3) is 43.1 Å². The van der Waals surface area contributed by atoms with E-state index in [4.69, 9.17) is 9.68 Å². The zero-order valence-electron chi connectivity index (χ0n) is 43.0. The third kappa shape index (κ3) is 10.5. The van der Waals surface area contributed by atoms with Crippen LogP contribution in [0.1, 0.15) is 86.0 Å². The lowest BCUT2D eigenvalue weighted by molar-refractivity contribution is 0.0772. The second-order valence-electron chi connectivity index (χ2n) is 20.7. The number of fused-ring (bicyclic) bond motifs is 4. The average molecular weight is 953 g/mol. The second-order valence-corrected chi connectivity index (χ2v) is 20.7. The van der Waals surface area contributed by atoms with Gasteiger partial charge in [-0.2, -0.15) is 0 Å². The predicted molar refractivity (Wildman–Crippen MR) is 298 cm³/mol. The van der Waals surface area contributed by atoms with Crippen LogP contribution in [0.3, 0.4) is 0 Å². The number of carbonyl (C=O) groups excluding carboxylic acids is 2. The summed E-state index contributed by atoms with van der Waals surface area (Å²) in [6, 6.07) is 56.4. The molecule has 0 bridgehead atoms. The summed E-state index contributed by atoms with van der Waals surface area (Å²) in [7, 11) is 7.71. The number of hydrogen-bond acceptors (Lipinski definition) is 6. The first-order valence-electron chi connectivity index (χ1n) is 24.9. The number of amides is 2. The number of nitrogens with zero attached hydrogens (tertiary/aromatic N) is 4. The number of carbonyl (C=O) groups is 2. The molecule has 9 rings (SSSR count). The molecule has 364 valence electrons. The summed E-state index contributed by atoms with van der Waals surface area (Å²) in [5.74, 6) is 0.439. The van der Waals surface area contributed by atoms with E-state index < -0.39 is 5.41 Å². The minimum absolute atomic E-state index is 0.0865. The van der Waals surface area contributed by atoms with Crippen molar-refractivity contribution in [2.24, 2.45) is 0 Å². The second kappa shape index (κ2) is 21.2. The molecule has 72 heavy (non-hydrogen) atoms. The highest BCUT2D eigenvalue weighted by Crippen LogP contribution is 2.38. The molecule has 0 unspecified atom stereocenters. The van der Waals surface area contributed by atoms with Gasteiger partial charge in [0.25, 0.3) is 11.8 Å². The molecule has 9 heteroatoms. The molecule has 0 atom stereocenters. The van der Waals surface area contributed by atoms with Gasteiger partial charge in [0.2, 0.25) is 0 Å². The van der Waals surface area contributed by atoms with E-state index in [1.165, 1.54) is 33.0 Å². The fourth-order valence-corrected chi connectivity index (χ4v) is 10.6. The highest BCUT2D eigenvalue weighted by Gasteiger charge is 2.28. The first-order valence-corrected chi connectivity index (χ1v) is 24.9. The van der Waals surface area contributed by atoms with Gasteiger partial charge in [-0.05, 0) is 139 Å². The zero-order chi connectivity index (χ0) is 50.7. The maximum atomic E-state index is 14.8. The smallest absolute Gasteiger partial charge is 0.504 e. The Morgan fingerprint density at radius 2 is 0.833 bits per heavy atom. The molecule has 1 N–H and O–H groups in total. The molecule has 0 fully saturated rings. The molecule has 0 aromatic heterocycles. The monoisotopic (exact) mass is 953 g/mol. The molecule has 0 saturated carbocycles. The summed E-state index contributed by atoms with van der Waals surface area (Å²) >= 11 is 0. The molecular weight excluding hydrogens is 888 g/mol. The van der Waals surface area contributed by atoms with E-state index in [0.29, 0.717) is 36.5 Å². The van der Waals surface area contributed by atoms with E-state index in [9.17, 15) is 9.59 Å². The van der Waals surface area contributed by atoms with E-state index in [0.717, 1.165) is 74.2 Å². The van der Waals surface area contributed by atoms with Gasteiger partial charge in [0.1, 0.15) is 5.75 Å². The quantitative estimate of drug-likeness (QED) is 0.0768. The van der Waals surface area contributed by atoms with E-state index in [-0.39, 0.29) is 19.5 Å². The first kappa shape index (κ1) is 49.7. The van der Waals surface area contributed by atoms with E-state index >= 15 is 0 Å². The third-order valence-corrected chi connectivity index (χ3v) is 14.1. The minimum atomic E-state index is -0.431. The first-order chi connectivity index (χ1) is 34.7. The SMILES string of the molecule is Cc1ccc(CN(C)Cc2c3ccccc3c(CN(C)C(=O)c3ccc(C(=O)N(C)Cc4c5ccccc5c(CN(C)Cc5ccc(OBO)cc5)c5ccccc45)cc3C(C)(C)C)c3ccccc23)cc1. The van der Waals surface area contributed by atoms with Crippen LogP contribution < -0.4 is 4.65 Å². The Bertz CT molecular complexity index is 3320. The number of aryl methyl sites for hydroxylation is 1. The van der Waals surface area contributed by atoms with E-state index in [2.05, 4.69) is 173 Å². The van der Waals surface area contributed by atoms with Gasteiger partial charge in [0, 0.05) is 64.5 Å².